The number of nitriles is 1. The Morgan fingerprint density at radius 1 is 1.35 bits per heavy atom. The van der Waals surface area contributed by atoms with Crippen LogP contribution in [0.3, 0.4) is 0 Å². The standard InChI is InChI=1S/C21H19N3O2/c1-14(25)19-6-3-9-23-21(19)26-18-7-8-20-15(10-18)12-24(13-16(20)11-22)17-4-2-5-17/h3,6-10,13,17H,2,4-5,12H2,1H3. The molecule has 130 valence electrons. The van der Waals surface area contributed by atoms with E-state index >= 15 is 0 Å². The molecule has 0 radical (unpaired) electrons. The summed E-state index contributed by atoms with van der Waals surface area (Å²) in [5.74, 6) is 0.845. The number of pyridine rings is 1. The molecule has 0 spiro atoms. The van der Waals surface area contributed by atoms with Gasteiger partial charge in [0.1, 0.15) is 11.8 Å². The second kappa shape index (κ2) is 6.64. The predicted molar refractivity (Wildman–Crippen MR) is 97.5 cm³/mol. The molecule has 1 fully saturated rings. The highest BCUT2D eigenvalue weighted by Gasteiger charge is 2.27. The van der Waals surface area contributed by atoms with E-state index in [2.05, 4.69) is 16.0 Å². The van der Waals surface area contributed by atoms with E-state index in [1.165, 1.54) is 26.2 Å². The number of Topliss-reactive ketones (excluding diaryl/α,β-unsaturated/α-hetero) is 1. The lowest BCUT2D eigenvalue weighted by atomic mass is 9.89. The van der Waals surface area contributed by atoms with E-state index in [1.54, 1.807) is 18.3 Å². The Morgan fingerprint density at radius 3 is 2.88 bits per heavy atom. The van der Waals surface area contributed by atoms with Crippen LogP contribution < -0.4 is 4.74 Å². The maximum absolute atomic E-state index is 11.8. The Balaban J connectivity index is 1.65. The van der Waals surface area contributed by atoms with Crippen molar-refractivity contribution in [2.24, 2.45) is 0 Å². The Bertz CT molecular complexity index is 939. The Kier molecular flexibility index (Phi) is 4.18. The average Bonchev–Trinajstić information content (AvgIpc) is 2.59. The summed E-state index contributed by atoms with van der Waals surface area (Å²) in [6, 6.07) is 11.9. The average molecular weight is 345 g/mol. The first-order valence-electron chi connectivity index (χ1n) is 8.80. The predicted octanol–water partition coefficient (Wildman–Crippen LogP) is 4.31. The maximum Gasteiger partial charge on any atom is 0.230 e. The molecule has 1 aliphatic heterocycles. The zero-order chi connectivity index (χ0) is 18.1. The van der Waals surface area contributed by atoms with Crippen molar-refractivity contribution in [3.63, 3.8) is 0 Å². The molecule has 0 bridgehead atoms. The smallest absolute Gasteiger partial charge is 0.230 e. The normalized spacial score (nSPS) is 16.2. The molecule has 0 atom stereocenters. The molecule has 26 heavy (non-hydrogen) atoms. The molecule has 5 heteroatoms. The van der Waals surface area contributed by atoms with E-state index < -0.39 is 0 Å². The van der Waals surface area contributed by atoms with Crippen LogP contribution in [0, 0.1) is 11.3 Å². The van der Waals surface area contributed by atoms with Crippen molar-refractivity contribution in [1.29, 1.82) is 5.26 Å². The van der Waals surface area contributed by atoms with Crippen LogP contribution in [-0.4, -0.2) is 21.7 Å². The number of hydrogen-bond acceptors (Lipinski definition) is 5. The van der Waals surface area contributed by atoms with Crippen molar-refractivity contribution in [2.75, 3.05) is 0 Å². The van der Waals surface area contributed by atoms with E-state index in [0.717, 1.165) is 17.7 Å². The number of benzene rings is 1. The minimum Gasteiger partial charge on any atom is -0.438 e. The highest BCUT2D eigenvalue weighted by atomic mass is 16.5. The minimum absolute atomic E-state index is 0.0862. The quantitative estimate of drug-likeness (QED) is 0.773. The molecule has 1 saturated carbocycles. The Morgan fingerprint density at radius 2 is 2.19 bits per heavy atom. The molecule has 0 unspecified atom stereocenters. The second-order valence-corrected chi connectivity index (χ2v) is 6.74. The van der Waals surface area contributed by atoms with Crippen LogP contribution in [0.1, 0.15) is 47.7 Å². The van der Waals surface area contributed by atoms with Gasteiger partial charge in [-0.3, -0.25) is 4.79 Å². The van der Waals surface area contributed by atoms with Gasteiger partial charge in [-0.05, 0) is 67.6 Å². The largest absolute Gasteiger partial charge is 0.438 e. The molecule has 1 aliphatic carbocycles. The number of ketones is 1. The molecule has 0 saturated heterocycles. The number of aromatic nitrogens is 1. The third kappa shape index (κ3) is 2.95. The number of ether oxygens (including phenoxy) is 1. The fourth-order valence-corrected chi connectivity index (χ4v) is 3.40. The molecule has 4 rings (SSSR count). The maximum atomic E-state index is 11.8. The summed E-state index contributed by atoms with van der Waals surface area (Å²) in [4.78, 5) is 18.2. The number of carbonyl (C=O) groups is 1. The summed E-state index contributed by atoms with van der Waals surface area (Å²) in [5, 5.41) is 9.51. The molecule has 2 aliphatic rings. The van der Waals surface area contributed by atoms with Crippen molar-refractivity contribution in [2.45, 2.75) is 38.8 Å². The topological polar surface area (TPSA) is 66.2 Å². The number of hydrogen-bond donors (Lipinski definition) is 0. The van der Waals surface area contributed by atoms with Gasteiger partial charge < -0.3 is 9.64 Å². The summed E-state index contributed by atoms with van der Waals surface area (Å²) >= 11 is 0. The molecular formula is C21H19N3O2. The summed E-state index contributed by atoms with van der Waals surface area (Å²) in [5.41, 5.74) is 3.16. The number of allylic oxidation sites excluding steroid dienone is 1. The zero-order valence-corrected chi connectivity index (χ0v) is 14.6. The first kappa shape index (κ1) is 16.3. The minimum atomic E-state index is -0.0862. The first-order chi connectivity index (χ1) is 12.7. The number of rotatable bonds is 4. The van der Waals surface area contributed by atoms with Gasteiger partial charge >= 0.3 is 0 Å². The van der Waals surface area contributed by atoms with Gasteiger partial charge in [0, 0.05) is 25.0 Å². The van der Waals surface area contributed by atoms with Crippen LogP contribution in [0.4, 0.5) is 0 Å². The lowest BCUT2D eigenvalue weighted by Crippen LogP contribution is -2.37. The van der Waals surface area contributed by atoms with Crippen LogP contribution >= 0.6 is 0 Å². The summed E-state index contributed by atoms with van der Waals surface area (Å²) < 4.78 is 5.89. The fraction of sp³-hybridized carbons (Fsp3) is 0.286. The van der Waals surface area contributed by atoms with E-state index in [-0.39, 0.29) is 5.78 Å². The van der Waals surface area contributed by atoms with Crippen molar-refractivity contribution >= 4 is 11.4 Å². The van der Waals surface area contributed by atoms with Gasteiger partial charge in [0.15, 0.2) is 5.78 Å². The van der Waals surface area contributed by atoms with Gasteiger partial charge in [0.05, 0.1) is 11.1 Å². The van der Waals surface area contributed by atoms with E-state index in [9.17, 15) is 10.1 Å². The number of fused-ring (bicyclic) bond motifs is 1. The molecule has 5 nitrogen and oxygen atoms in total. The lowest BCUT2D eigenvalue weighted by Gasteiger charge is -2.39. The number of carbonyl (C=O) groups excluding carboxylic acids is 1. The molecule has 1 aromatic carbocycles. The molecule has 1 aromatic heterocycles. The highest BCUT2D eigenvalue weighted by molar-refractivity contribution is 5.96. The van der Waals surface area contributed by atoms with Crippen molar-refractivity contribution < 1.29 is 9.53 Å². The summed E-state index contributed by atoms with van der Waals surface area (Å²) in [6.07, 6.45) is 7.20. The second-order valence-electron chi connectivity index (χ2n) is 6.74. The van der Waals surface area contributed by atoms with Gasteiger partial charge in [-0.1, -0.05) is 0 Å². The van der Waals surface area contributed by atoms with E-state index in [1.807, 2.05) is 24.4 Å². The van der Waals surface area contributed by atoms with Crippen molar-refractivity contribution in [3.05, 3.63) is 59.4 Å². The SMILES string of the molecule is CC(=O)c1cccnc1Oc1ccc2c(c1)CN(C1CCC1)C=C2C#N. The van der Waals surface area contributed by atoms with Gasteiger partial charge in [0.25, 0.3) is 0 Å². The monoisotopic (exact) mass is 345 g/mol. The van der Waals surface area contributed by atoms with Crippen LogP contribution in [0.25, 0.3) is 5.57 Å². The third-order valence-electron chi connectivity index (χ3n) is 5.04. The molecule has 0 N–H and O–H groups in total. The fourth-order valence-electron chi connectivity index (χ4n) is 3.40. The van der Waals surface area contributed by atoms with Crippen molar-refractivity contribution in [1.82, 2.24) is 9.88 Å². The van der Waals surface area contributed by atoms with Crippen LogP contribution in [-0.2, 0) is 6.54 Å². The van der Waals surface area contributed by atoms with Crippen LogP contribution in [0.15, 0.2) is 42.7 Å². The van der Waals surface area contributed by atoms with E-state index in [4.69, 9.17) is 4.74 Å². The van der Waals surface area contributed by atoms with Gasteiger partial charge in [0.2, 0.25) is 5.88 Å². The third-order valence-corrected chi connectivity index (χ3v) is 5.04. The molecule has 2 heterocycles. The van der Waals surface area contributed by atoms with E-state index in [0.29, 0.717) is 28.8 Å². The van der Waals surface area contributed by atoms with Gasteiger partial charge in [-0.25, -0.2) is 4.98 Å². The Labute approximate surface area is 152 Å². The van der Waals surface area contributed by atoms with Crippen molar-refractivity contribution in [3.8, 4) is 17.7 Å². The summed E-state index contributed by atoms with van der Waals surface area (Å²) in [6.45, 7) is 2.27. The van der Waals surface area contributed by atoms with Gasteiger partial charge in [-0.15, -0.1) is 0 Å². The molecule has 0 amide bonds. The van der Waals surface area contributed by atoms with Crippen LogP contribution in [0.5, 0.6) is 11.6 Å². The zero-order valence-electron chi connectivity index (χ0n) is 14.6. The lowest BCUT2D eigenvalue weighted by molar-refractivity contribution is 0.101. The van der Waals surface area contributed by atoms with Crippen LogP contribution in [0.2, 0.25) is 0 Å². The molecular weight excluding hydrogens is 326 g/mol. The summed E-state index contributed by atoms with van der Waals surface area (Å²) in [7, 11) is 0. The first-order valence-corrected chi connectivity index (χ1v) is 8.80. The molecule has 2 aromatic rings. The highest BCUT2D eigenvalue weighted by Crippen LogP contribution is 2.35. The number of nitrogens with zero attached hydrogens (tertiary/aromatic N) is 3. The van der Waals surface area contributed by atoms with Gasteiger partial charge in [-0.2, -0.15) is 5.26 Å². The Hall–Kier alpha value is -3.13.